The first kappa shape index (κ1) is 25.7. The van der Waals surface area contributed by atoms with Crippen LogP contribution in [0.5, 0.6) is 0 Å². The second kappa shape index (κ2) is 10.9. The van der Waals surface area contributed by atoms with Gasteiger partial charge in [0, 0.05) is 25.9 Å². The van der Waals surface area contributed by atoms with Crippen LogP contribution in [0, 0.1) is 0 Å². The summed E-state index contributed by atoms with van der Waals surface area (Å²) in [5, 5.41) is 9.94. The van der Waals surface area contributed by atoms with Crippen LogP contribution in [0.15, 0.2) is 0 Å². The molecule has 158 valence electrons. The van der Waals surface area contributed by atoms with Gasteiger partial charge in [0.1, 0.15) is 12.0 Å². The zero-order chi connectivity index (χ0) is 20.6. The average molecular weight is 421 g/mol. The molecule has 0 fully saturated rings. The summed E-state index contributed by atoms with van der Waals surface area (Å²) in [5.74, 6) is -0.701. The van der Waals surface area contributed by atoms with Crippen LogP contribution in [0.2, 0.25) is 0 Å². The van der Waals surface area contributed by atoms with E-state index in [1.165, 1.54) is 0 Å². The lowest BCUT2D eigenvalue weighted by Gasteiger charge is -2.36. The highest BCUT2D eigenvalue weighted by atomic mass is 32.2. The molecule has 0 aromatic rings. The lowest BCUT2D eigenvalue weighted by atomic mass is 10.2. The molecule has 0 spiro atoms. The molecule has 0 amide bonds. The van der Waals surface area contributed by atoms with Gasteiger partial charge >= 0.3 is 0 Å². The van der Waals surface area contributed by atoms with Gasteiger partial charge in [-0.2, -0.15) is 16.8 Å². The fraction of sp³-hybridized carbons (Fsp3) is 1.00. The largest absolute Gasteiger partial charge is 0.378 e. The monoisotopic (exact) mass is 420 g/mol. The molecule has 2 unspecified atom stereocenters. The van der Waals surface area contributed by atoms with Gasteiger partial charge in [0.25, 0.3) is 20.2 Å². The van der Waals surface area contributed by atoms with E-state index < -0.39 is 26.5 Å². The van der Waals surface area contributed by atoms with Crippen LogP contribution in [0.3, 0.4) is 0 Å². The van der Waals surface area contributed by atoms with E-state index in [2.05, 4.69) is 0 Å². The number of rotatable bonds is 14. The quantitative estimate of drug-likeness (QED) is 0.180. The first-order valence-corrected chi connectivity index (χ1v) is 11.6. The second-order valence-electron chi connectivity index (χ2n) is 7.25. The fourth-order valence-electron chi connectivity index (χ4n) is 2.46. The van der Waals surface area contributed by atoms with E-state index in [-0.39, 0.29) is 24.6 Å². The number of hydrogen-bond acceptors (Lipinski definition) is 7. The highest BCUT2D eigenvalue weighted by Crippen LogP contribution is 2.10. The molecular weight excluding hydrogens is 386 g/mol. The summed E-state index contributed by atoms with van der Waals surface area (Å²) in [7, 11) is -0.967. The summed E-state index contributed by atoms with van der Waals surface area (Å²) in [6, 6.07) is 0. The van der Waals surface area contributed by atoms with Crippen LogP contribution in [0.4, 0.5) is 0 Å². The molecule has 0 bridgehead atoms. The van der Waals surface area contributed by atoms with E-state index >= 15 is 0 Å². The zero-order valence-electron chi connectivity index (χ0n) is 16.1. The third-order valence-electron chi connectivity index (χ3n) is 4.38. The van der Waals surface area contributed by atoms with Crippen LogP contribution in [0.25, 0.3) is 0 Å². The van der Waals surface area contributed by atoms with Gasteiger partial charge in [-0.25, -0.2) is 0 Å². The minimum atomic E-state index is -4.07. The van der Waals surface area contributed by atoms with Crippen molar-refractivity contribution in [1.82, 2.24) is 9.80 Å². The van der Waals surface area contributed by atoms with E-state index in [9.17, 15) is 21.9 Å². The number of quaternary nitrogens is 1. The van der Waals surface area contributed by atoms with Gasteiger partial charge in [0.05, 0.1) is 32.4 Å². The molecule has 0 rings (SSSR count). The van der Waals surface area contributed by atoms with Crippen LogP contribution >= 0.6 is 0 Å². The van der Waals surface area contributed by atoms with E-state index in [4.69, 9.17) is 9.11 Å². The van der Waals surface area contributed by atoms with Gasteiger partial charge in [-0.05, 0) is 21.1 Å². The molecule has 3 N–H and O–H groups in total. The third kappa shape index (κ3) is 13.8. The van der Waals surface area contributed by atoms with Crippen molar-refractivity contribution in [2.45, 2.75) is 19.1 Å². The van der Waals surface area contributed by atoms with Crippen molar-refractivity contribution >= 4 is 20.2 Å². The third-order valence-corrected chi connectivity index (χ3v) is 5.78. The molecule has 0 heterocycles. The van der Waals surface area contributed by atoms with Gasteiger partial charge < -0.3 is 14.5 Å². The molecule has 0 saturated carbocycles. The normalized spacial score (nSPS) is 16.8. The SMILES string of the molecule is CN(CCC[N+](C)(CCC(O)N(C)C)CCS(=O)(=O)O)CCS(=O)(=O)O. The summed E-state index contributed by atoms with van der Waals surface area (Å²) >= 11 is 0. The highest BCUT2D eigenvalue weighted by molar-refractivity contribution is 7.86. The minimum absolute atomic E-state index is 0.201. The van der Waals surface area contributed by atoms with Crippen molar-refractivity contribution < 1.29 is 35.5 Å². The Morgan fingerprint density at radius 2 is 1.42 bits per heavy atom. The van der Waals surface area contributed by atoms with Crippen LogP contribution in [-0.2, 0) is 20.2 Å². The second-order valence-corrected chi connectivity index (χ2v) is 10.4. The Balaban J connectivity index is 4.64. The van der Waals surface area contributed by atoms with E-state index in [0.717, 1.165) is 0 Å². The molecule has 2 atom stereocenters. The maximum atomic E-state index is 11.1. The topological polar surface area (TPSA) is 135 Å². The molecule has 26 heavy (non-hydrogen) atoms. The van der Waals surface area contributed by atoms with Gasteiger partial charge in [-0.3, -0.25) is 14.0 Å². The summed E-state index contributed by atoms with van der Waals surface area (Å²) in [5.41, 5.74) is 0. The molecular formula is C14H34N3O7S2+. The summed E-state index contributed by atoms with van der Waals surface area (Å²) < 4.78 is 61.9. The van der Waals surface area contributed by atoms with Crippen molar-refractivity contribution in [3.8, 4) is 0 Å². The van der Waals surface area contributed by atoms with Gasteiger partial charge in [-0.1, -0.05) is 0 Å². The Bertz CT molecular complexity index is 610. The number of aliphatic hydroxyl groups is 1. The predicted molar refractivity (Wildman–Crippen MR) is 100 cm³/mol. The van der Waals surface area contributed by atoms with Crippen LogP contribution in [-0.4, -0.2) is 124 Å². The van der Waals surface area contributed by atoms with Crippen LogP contribution < -0.4 is 0 Å². The zero-order valence-corrected chi connectivity index (χ0v) is 17.7. The maximum Gasteiger partial charge on any atom is 0.270 e. The van der Waals surface area contributed by atoms with Crippen molar-refractivity contribution in [2.24, 2.45) is 0 Å². The number of aliphatic hydroxyl groups excluding tert-OH is 1. The van der Waals surface area contributed by atoms with Crippen LogP contribution in [0.1, 0.15) is 12.8 Å². The Labute approximate surface area is 157 Å². The first-order chi connectivity index (χ1) is 11.6. The Kier molecular flexibility index (Phi) is 10.7. The standard InChI is InChI=1S/C14H33N3O7S2/c1-15(2)14(18)6-10-17(4,11-13-26(22,23)24)9-5-7-16(3)8-12-25(19,20)21/h14,18H,5-13H2,1-4H3,(H-,19,20,21,22,23,24)/p+1. The predicted octanol–water partition coefficient (Wildman–Crippen LogP) is -1.20. The Morgan fingerprint density at radius 1 is 0.885 bits per heavy atom. The highest BCUT2D eigenvalue weighted by Gasteiger charge is 2.25. The Hall–Kier alpha value is -0.340. The van der Waals surface area contributed by atoms with Gasteiger partial charge in [0.15, 0.2) is 0 Å². The summed E-state index contributed by atoms with van der Waals surface area (Å²) in [6.45, 7) is 2.13. The van der Waals surface area contributed by atoms with Gasteiger partial charge in [0.2, 0.25) is 0 Å². The minimum Gasteiger partial charge on any atom is -0.378 e. The molecule has 0 aliphatic carbocycles. The van der Waals surface area contributed by atoms with Crippen molar-refractivity contribution in [2.75, 3.05) is 72.4 Å². The van der Waals surface area contributed by atoms with E-state index in [1.54, 1.807) is 30.9 Å². The molecule has 0 aliphatic heterocycles. The van der Waals surface area contributed by atoms with Crippen molar-refractivity contribution in [1.29, 1.82) is 0 Å². The fourth-order valence-corrected chi connectivity index (χ4v) is 3.68. The molecule has 0 aromatic carbocycles. The van der Waals surface area contributed by atoms with E-state index in [0.29, 0.717) is 37.0 Å². The summed E-state index contributed by atoms with van der Waals surface area (Å²) in [4.78, 5) is 3.44. The smallest absolute Gasteiger partial charge is 0.270 e. The first-order valence-electron chi connectivity index (χ1n) is 8.40. The van der Waals surface area contributed by atoms with E-state index in [1.807, 2.05) is 7.05 Å². The lowest BCUT2D eigenvalue weighted by Crippen LogP contribution is -2.50. The van der Waals surface area contributed by atoms with Crippen molar-refractivity contribution in [3.63, 3.8) is 0 Å². The van der Waals surface area contributed by atoms with Crippen molar-refractivity contribution in [3.05, 3.63) is 0 Å². The van der Waals surface area contributed by atoms with Gasteiger partial charge in [-0.15, -0.1) is 0 Å². The lowest BCUT2D eigenvalue weighted by molar-refractivity contribution is -0.908. The Morgan fingerprint density at radius 3 is 1.88 bits per heavy atom. The maximum absolute atomic E-state index is 11.1. The molecule has 0 saturated heterocycles. The molecule has 10 nitrogen and oxygen atoms in total. The summed E-state index contributed by atoms with van der Waals surface area (Å²) in [6.07, 6.45) is 0.478. The molecule has 0 aliphatic rings. The molecule has 0 aromatic heterocycles. The number of nitrogens with zero attached hydrogens (tertiary/aromatic N) is 3. The average Bonchev–Trinajstić information content (AvgIpc) is 2.47. The number of hydrogen-bond donors (Lipinski definition) is 3. The molecule has 12 heteroatoms. The molecule has 0 radical (unpaired) electrons.